The minimum Gasteiger partial charge on any atom is -0.494 e. The van der Waals surface area contributed by atoms with E-state index in [1.54, 1.807) is 18.2 Å². The number of aromatic nitrogens is 3. The van der Waals surface area contributed by atoms with Crippen LogP contribution in [0.15, 0.2) is 53.4 Å². The standard InChI is InChI=1S/C18H13F3N4O3S2/c1-28-13-3-2-4-14-16(13)23-17(29-14)12-9-15(18(19,20)21)24-25(12)10-5-7-11(8-6-10)30(22,26)27/h2-9H,1H3,(H2,22,26,27). The van der Waals surface area contributed by atoms with Gasteiger partial charge in [-0.25, -0.2) is 23.2 Å². The molecule has 2 aromatic heterocycles. The molecule has 0 fully saturated rings. The number of rotatable bonds is 4. The van der Waals surface area contributed by atoms with Gasteiger partial charge in [-0.1, -0.05) is 6.07 Å². The second kappa shape index (κ2) is 7.07. The number of para-hydroxylation sites is 1. The molecular weight excluding hydrogens is 441 g/mol. The highest BCUT2D eigenvalue weighted by molar-refractivity contribution is 7.89. The number of nitrogens with zero attached hydrogens (tertiary/aromatic N) is 3. The van der Waals surface area contributed by atoms with Gasteiger partial charge in [0.2, 0.25) is 10.0 Å². The van der Waals surface area contributed by atoms with Crippen molar-refractivity contribution in [3.63, 3.8) is 0 Å². The first-order valence-corrected chi connectivity index (χ1v) is 10.7. The van der Waals surface area contributed by atoms with E-state index in [0.717, 1.165) is 15.4 Å². The maximum absolute atomic E-state index is 13.3. The van der Waals surface area contributed by atoms with Crippen LogP contribution in [0.3, 0.4) is 0 Å². The molecule has 0 spiro atoms. The summed E-state index contributed by atoms with van der Waals surface area (Å²) in [5, 5.41) is 9.06. The molecule has 0 bridgehead atoms. The summed E-state index contributed by atoms with van der Waals surface area (Å²) in [5.41, 5.74) is -0.252. The van der Waals surface area contributed by atoms with E-state index in [1.165, 1.54) is 42.7 Å². The lowest BCUT2D eigenvalue weighted by Crippen LogP contribution is -2.12. The molecule has 4 rings (SSSR count). The number of hydrogen-bond donors (Lipinski definition) is 1. The predicted octanol–water partition coefficient (Wildman–Crippen LogP) is 3.82. The molecule has 0 atom stereocenters. The summed E-state index contributed by atoms with van der Waals surface area (Å²) in [5.74, 6) is 0.495. The monoisotopic (exact) mass is 454 g/mol. The van der Waals surface area contributed by atoms with Crippen molar-refractivity contribution in [2.75, 3.05) is 7.11 Å². The molecule has 4 aromatic rings. The van der Waals surface area contributed by atoms with E-state index < -0.39 is 21.9 Å². The normalized spacial score (nSPS) is 12.4. The molecule has 12 heteroatoms. The van der Waals surface area contributed by atoms with Crippen LogP contribution in [0.1, 0.15) is 5.69 Å². The van der Waals surface area contributed by atoms with Gasteiger partial charge in [0.05, 0.1) is 22.4 Å². The fourth-order valence-electron chi connectivity index (χ4n) is 2.84. The Labute approximate surface area is 172 Å². The third kappa shape index (κ3) is 3.64. The lowest BCUT2D eigenvalue weighted by atomic mass is 10.3. The highest BCUT2D eigenvalue weighted by Gasteiger charge is 2.36. The van der Waals surface area contributed by atoms with Crippen LogP contribution in [-0.4, -0.2) is 30.3 Å². The van der Waals surface area contributed by atoms with E-state index in [4.69, 9.17) is 9.88 Å². The van der Waals surface area contributed by atoms with E-state index in [2.05, 4.69) is 10.1 Å². The summed E-state index contributed by atoms with van der Waals surface area (Å²) >= 11 is 1.18. The number of nitrogens with two attached hydrogens (primary N) is 1. The maximum Gasteiger partial charge on any atom is 0.435 e. The number of sulfonamides is 1. The number of ether oxygens (including phenoxy) is 1. The first-order chi connectivity index (χ1) is 14.1. The summed E-state index contributed by atoms with van der Waals surface area (Å²) in [6, 6.07) is 11.2. The molecule has 30 heavy (non-hydrogen) atoms. The zero-order valence-corrected chi connectivity index (χ0v) is 16.8. The molecule has 2 aromatic carbocycles. The zero-order chi connectivity index (χ0) is 21.7. The first kappa shape index (κ1) is 20.3. The smallest absolute Gasteiger partial charge is 0.435 e. The second-order valence-corrected chi connectivity index (χ2v) is 8.78. The molecule has 156 valence electrons. The predicted molar refractivity (Wildman–Crippen MR) is 105 cm³/mol. The third-order valence-electron chi connectivity index (χ3n) is 4.23. The number of halogens is 3. The van der Waals surface area contributed by atoms with Crippen molar-refractivity contribution in [3.8, 4) is 22.1 Å². The van der Waals surface area contributed by atoms with Crippen molar-refractivity contribution in [3.05, 3.63) is 54.2 Å². The van der Waals surface area contributed by atoms with Gasteiger partial charge in [0.15, 0.2) is 5.69 Å². The highest BCUT2D eigenvalue weighted by atomic mass is 32.2. The number of thiazole rings is 1. The van der Waals surface area contributed by atoms with E-state index in [9.17, 15) is 21.6 Å². The highest BCUT2D eigenvalue weighted by Crippen LogP contribution is 2.38. The van der Waals surface area contributed by atoms with Gasteiger partial charge >= 0.3 is 6.18 Å². The number of primary sulfonamides is 1. The fourth-order valence-corrected chi connectivity index (χ4v) is 4.34. The van der Waals surface area contributed by atoms with Crippen molar-refractivity contribution in [2.45, 2.75) is 11.1 Å². The van der Waals surface area contributed by atoms with E-state index in [-0.39, 0.29) is 16.3 Å². The van der Waals surface area contributed by atoms with Gasteiger partial charge in [-0.15, -0.1) is 11.3 Å². The number of benzene rings is 2. The van der Waals surface area contributed by atoms with Crippen LogP contribution < -0.4 is 9.88 Å². The minimum atomic E-state index is -4.67. The van der Waals surface area contributed by atoms with Crippen LogP contribution >= 0.6 is 11.3 Å². The summed E-state index contributed by atoms with van der Waals surface area (Å²) < 4.78 is 70.0. The van der Waals surface area contributed by atoms with Crippen LogP contribution in [0.4, 0.5) is 13.2 Å². The van der Waals surface area contributed by atoms with Crippen molar-refractivity contribution in [1.29, 1.82) is 0 Å². The van der Waals surface area contributed by atoms with Crippen molar-refractivity contribution in [2.24, 2.45) is 5.14 Å². The summed E-state index contributed by atoms with van der Waals surface area (Å²) in [4.78, 5) is 4.28. The number of methoxy groups -OCH3 is 1. The Morgan fingerprint density at radius 3 is 2.43 bits per heavy atom. The summed E-state index contributed by atoms with van der Waals surface area (Å²) in [6.45, 7) is 0. The molecule has 7 nitrogen and oxygen atoms in total. The van der Waals surface area contributed by atoms with Crippen LogP contribution in [0.2, 0.25) is 0 Å². The molecule has 0 saturated heterocycles. The van der Waals surface area contributed by atoms with Gasteiger partial charge in [-0.05, 0) is 42.5 Å². The average molecular weight is 454 g/mol. The molecule has 0 radical (unpaired) electrons. The van der Waals surface area contributed by atoms with E-state index in [0.29, 0.717) is 16.3 Å². The Bertz CT molecular complexity index is 1340. The lowest BCUT2D eigenvalue weighted by Gasteiger charge is -2.06. The molecule has 0 unspecified atom stereocenters. The van der Waals surface area contributed by atoms with Gasteiger partial charge in [0.1, 0.15) is 22.0 Å². The SMILES string of the molecule is COc1cccc2sc(-c3cc(C(F)(F)F)nn3-c3ccc(S(N)(=O)=O)cc3)nc12. The Morgan fingerprint density at radius 2 is 1.83 bits per heavy atom. The number of fused-ring (bicyclic) bond motifs is 1. The van der Waals surface area contributed by atoms with E-state index >= 15 is 0 Å². The topological polar surface area (TPSA) is 100 Å². The first-order valence-electron chi connectivity index (χ1n) is 8.32. The Balaban J connectivity index is 1.91. The van der Waals surface area contributed by atoms with Gasteiger partial charge in [0, 0.05) is 0 Å². The molecule has 0 aliphatic carbocycles. The van der Waals surface area contributed by atoms with Crippen molar-refractivity contribution < 1.29 is 26.3 Å². The molecule has 2 heterocycles. The van der Waals surface area contributed by atoms with Crippen molar-refractivity contribution >= 4 is 31.6 Å². The van der Waals surface area contributed by atoms with Gasteiger partial charge < -0.3 is 4.74 Å². The number of alkyl halides is 3. The lowest BCUT2D eigenvalue weighted by molar-refractivity contribution is -0.141. The zero-order valence-electron chi connectivity index (χ0n) is 15.2. The van der Waals surface area contributed by atoms with E-state index in [1.807, 2.05) is 0 Å². The Morgan fingerprint density at radius 1 is 1.13 bits per heavy atom. The fraction of sp³-hybridized carbons (Fsp3) is 0.111. The third-order valence-corrected chi connectivity index (χ3v) is 6.20. The number of hydrogen-bond acceptors (Lipinski definition) is 6. The molecule has 0 amide bonds. The van der Waals surface area contributed by atoms with Crippen LogP contribution in [-0.2, 0) is 16.2 Å². The van der Waals surface area contributed by atoms with Crippen molar-refractivity contribution in [1.82, 2.24) is 14.8 Å². The summed E-state index contributed by atoms with van der Waals surface area (Å²) in [6.07, 6.45) is -4.67. The van der Waals surface area contributed by atoms with Crippen LogP contribution in [0.5, 0.6) is 5.75 Å². The van der Waals surface area contributed by atoms with Gasteiger partial charge in [-0.2, -0.15) is 18.3 Å². The Hall–Kier alpha value is -2.96. The second-order valence-electron chi connectivity index (χ2n) is 6.19. The quantitative estimate of drug-likeness (QED) is 0.505. The molecule has 2 N–H and O–H groups in total. The molecule has 0 aliphatic rings. The summed E-state index contributed by atoms with van der Waals surface area (Å²) in [7, 11) is -2.46. The molecule has 0 saturated carbocycles. The van der Waals surface area contributed by atoms with Gasteiger partial charge in [0.25, 0.3) is 0 Å². The Kier molecular flexibility index (Phi) is 4.79. The molecule has 0 aliphatic heterocycles. The van der Waals surface area contributed by atoms with Gasteiger partial charge in [-0.3, -0.25) is 0 Å². The molecular formula is C18H13F3N4O3S2. The van der Waals surface area contributed by atoms with Crippen LogP contribution in [0, 0.1) is 0 Å². The minimum absolute atomic E-state index is 0.105. The average Bonchev–Trinajstić information content (AvgIpc) is 3.31. The largest absolute Gasteiger partial charge is 0.494 e. The van der Waals surface area contributed by atoms with Crippen LogP contribution in [0.25, 0.3) is 26.6 Å². The maximum atomic E-state index is 13.3.